The first-order chi connectivity index (χ1) is 13.8. The third-order valence-electron chi connectivity index (χ3n) is 3.80. The van der Waals surface area contributed by atoms with Gasteiger partial charge in [-0.05, 0) is 48.5 Å². The summed E-state index contributed by atoms with van der Waals surface area (Å²) in [5.41, 5.74) is 1.94. The number of carbonyl (C=O) groups is 2. The Labute approximate surface area is 168 Å². The van der Waals surface area contributed by atoms with Crippen LogP contribution in [0.3, 0.4) is 0 Å². The van der Waals surface area contributed by atoms with Crippen molar-refractivity contribution in [3.63, 3.8) is 0 Å². The number of amides is 2. The SMILES string of the molecule is CS(=O)(=O)Nc1ccc(C(=O)Nc2ccccc2NC(=O)c2cccnc2)cc1. The van der Waals surface area contributed by atoms with Gasteiger partial charge in [0.15, 0.2) is 0 Å². The molecule has 1 heterocycles. The molecule has 0 unspecified atom stereocenters. The zero-order valence-corrected chi connectivity index (χ0v) is 16.2. The molecule has 0 bridgehead atoms. The van der Waals surface area contributed by atoms with Crippen LogP contribution in [0.15, 0.2) is 73.1 Å². The van der Waals surface area contributed by atoms with Gasteiger partial charge in [0.25, 0.3) is 11.8 Å². The Morgan fingerprint density at radius 1 is 0.793 bits per heavy atom. The van der Waals surface area contributed by atoms with Crippen LogP contribution in [0.25, 0.3) is 0 Å². The normalized spacial score (nSPS) is 10.8. The highest BCUT2D eigenvalue weighted by Gasteiger charge is 2.12. The average molecular weight is 410 g/mol. The summed E-state index contributed by atoms with van der Waals surface area (Å²) >= 11 is 0. The van der Waals surface area contributed by atoms with Crippen LogP contribution in [0, 0.1) is 0 Å². The van der Waals surface area contributed by atoms with Crippen molar-refractivity contribution in [3.05, 3.63) is 84.2 Å². The maximum absolute atomic E-state index is 12.5. The lowest BCUT2D eigenvalue weighted by molar-refractivity contribution is 0.101. The van der Waals surface area contributed by atoms with E-state index < -0.39 is 15.9 Å². The molecular weight excluding hydrogens is 392 g/mol. The van der Waals surface area contributed by atoms with Crippen LogP contribution in [-0.4, -0.2) is 31.5 Å². The molecular formula is C20H18N4O4S. The molecule has 3 rings (SSSR count). The van der Waals surface area contributed by atoms with Gasteiger partial charge in [0.05, 0.1) is 23.2 Å². The van der Waals surface area contributed by atoms with Gasteiger partial charge in [-0.15, -0.1) is 0 Å². The summed E-state index contributed by atoms with van der Waals surface area (Å²) in [7, 11) is -3.39. The van der Waals surface area contributed by atoms with Crippen molar-refractivity contribution in [1.82, 2.24) is 4.98 Å². The van der Waals surface area contributed by atoms with E-state index in [1.165, 1.54) is 30.5 Å². The third-order valence-corrected chi connectivity index (χ3v) is 4.40. The molecule has 0 spiro atoms. The molecule has 0 saturated heterocycles. The predicted octanol–water partition coefficient (Wildman–Crippen LogP) is 2.96. The minimum absolute atomic E-state index is 0.331. The largest absolute Gasteiger partial charge is 0.320 e. The maximum atomic E-state index is 12.5. The Morgan fingerprint density at radius 2 is 1.38 bits per heavy atom. The van der Waals surface area contributed by atoms with Gasteiger partial charge in [-0.2, -0.15) is 0 Å². The summed E-state index contributed by atoms with van der Waals surface area (Å²) in [5, 5.41) is 5.49. The number of hydrogen-bond donors (Lipinski definition) is 3. The molecule has 0 radical (unpaired) electrons. The van der Waals surface area contributed by atoms with Crippen LogP contribution in [0.5, 0.6) is 0 Å². The van der Waals surface area contributed by atoms with E-state index in [-0.39, 0.29) is 5.91 Å². The van der Waals surface area contributed by atoms with Gasteiger partial charge in [-0.1, -0.05) is 12.1 Å². The molecule has 2 amide bonds. The standard InChI is InChI=1S/C20H18N4O4S/c1-29(27,28)24-16-10-8-14(9-11-16)19(25)22-17-6-2-3-7-18(17)23-20(26)15-5-4-12-21-13-15/h2-13,24H,1H3,(H,22,25)(H,23,26). The van der Waals surface area contributed by atoms with Crippen molar-refractivity contribution in [2.24, 2.45) is 0 Å². The average Bonchev–Trinajstić information content (AvgIpc) is 2.69. The zero-order valence-electron chi connectivity index (χ0n) is 15.4. The Bertz CT molecular complexity index is 1130. The fourth-order valence-corrected chi connectivity index (χ4v) is 3.06. The topological polar surface area (TPSA) is 117 Å². The van der Waals surface area contributed by atoms with Gasteiger partial charge in [0.1, 0.15) is 0 Å². The van der Waals surface area contributed by atoms with Gasteiger partial charge in [0.2, 0.25) is 10.0 Å². The number of aromatic nitrogens is 1. The van der Waals surface area contributed by atoms with Crippen LogP contribution in [0.1, 0.15) is 20.7 Å². The highest BCUT2D eigenvalue weighted by Crippen LogP contribution is 2.23. The van der Waals surface area contributed by atoms with Gasteiger partial charge >= 0.3 is 0 Å². The Hall–Kier alpha value is -3.72. The van der Waals surface area contributed by atoms with E-state index in [2.05, 4.69) is 20.3 Å². The molecule has 3 aromatic rings. The van der Waals surface area contributed by atoms with Crippen molar-refractivity contribution >= 4 is 38.9 Å². The zero-order chi connectivity index (χ0) is 20.9. The predicted molar refractivity (Wildman–Crippen MR) is 111 cm³/mol. The second kappa shape index (κ2) is 8.53. The molecule has 0 fully saturated rings. The fraction of sp³-hybridized carbons (Fsp3) is 0.0500. The summed E-state index contributed by atoms with van der Waals surface area (Å²) < 4.78 is 24.9. The molecule has 9 heteroatoms. The molecule has 8 nitrogen and oxygen atoms in total. The molecule has 148 valence electrons. The number of pyridine rings is 1. The molecule has 2 aromatic carbocycles. The molecule has 0 atom stereocenters. The number of benzene rings is 2. The number of rotatable bonds is 6. The first kappa shape index (κ1) is 20.0. The molecule has 29 heavy (non-hydrogen) atoms. The van der Waals surface area contributed by atoms with Crippen LogP contribution in [0.2, 0.25) is 0 Å². The highest BCUT2D eigenvalue weighted by molar-refractivity contribution is 7.92. The lowest BCUT2D eigenvalue weighted by Crippen LogP contribution is -2.17. The van der Waals surface area contributed by atoms with E-state index in [9.17, 15) is 18.0 Å². The smallest absolute Gasteiger partial charge is 0.257 e. The lowest BCUT2D eigenvalue weighted by atomic mass is 10.2. The van der Waals surface area contributed by atoms with Gasteiger partial charge in [0, 0.05) is 23.6 Å². The first-order valence-corrected chi connectivity index (χ1v) is 10.4. The number of carbonyl (C=O) groups excluding carboxylic acids is 2. The van der Waals surface area contributed by atoms with Crippen LogP contribution in [0.4, 0.5) is 17.1 Å². The molecule has 3 N–H and O–H groups in total. The van der Waals surface area contributed by atoms with E-state index in [1.807, 2.05) is 0 Å². The Morgan fingerprint density at radius 3 is 1.90 bits per heavy atom. The van der Waals surface area contributed by atoms with E-state index in [0.29, 0.717) is 28.2 Å². The molecule has 0 aliphatic rings. The third kappa shape index (κ3) is 5.63. The summed E-state index contributed by atoms with van der Waals surface area (Å²) in [5.74, 6) is -0.755. The summed E-state index contributed by atoms with van der Waals surface area (Å²) in [4.78, 5) is 28.8. The van der Waals surface area contributed by atoms with Crippen LogP contribution < -0.4 is 15.4 Å². The Balaban J connectivity index is 1.73. The second-order valence-electron chi connectivity index (χ2n) is 6.15. The van der Waals surface area contributed by atoms with Gasteiger partial charge in [-0.3, -0.25) is 19.3 Å². The quantitative estimate of drug-likeness (QED) is 0.578. The molecule has 1 aromatic heterocycles. The van der Waals surface area contributed by atoms with Crippen LogP contribution >= 0.6 is 0 Å². The number of nitrogens with one attached hydrogen (secondary N) is 3. The van der Waals surface area contributed by atoms with E-state index in [1.54, 1.807) is 42.6 Å². The minimum atomic E-state index is -3.39. The number of sulfonamides is 1. The van der Waals surface area contributed by atoms with Gasteiger partial charge < -0.3 is 10.6 Å². The second-order valence-corrected chi connectivity index (χ2v) is 7.90. The maximum Gasteiger partial charge on any atom is 0.257 e. The number of nitrogens with zero attached hydrogens (tertiary/aromatic N) is 1. The fourth-order valence-electron chi connectivity index (χ4n) is 2.49. The van der Waals surface area contributed by atoms with E-state index in [0.717, 1.165) is 6.26 Å². The summed E-state index contributed by atoms with van der Waals surface area (Å²) in [6.45, 7) is 0. The molecule has 0 aliphatic heterocycles. The van der Waals surface area contributed by atoms with Crippen molar-refractivity contribution in [2.75, 3.05) is 21.6 Å². The van der Waals surface area contributed by atoms with Crippen molar-refractivity contribution in [3.8, 4) is 0 Å². The van der Waals surface area contributed by atoms with E-state index >= 15 is 0 Å². The first-order valence-electron chi connectivity index (χ1n) is 8.51. The number of anilines is 3. The monoisotopic (exact) mass is 410 g/mol. The van der Waals surface area contributed by atoms with Crippen LogP contribution in [-0.2, 0) is 10.0 Å². The molecule has 0 aliphatic carbocycles. The Kier molecular flexibility index (Phi) is 5.89. The summed E-state index contributed by atoms with van der Waals surface area (Å²) in [6, 6.07) is 16.1. The summed E-state index contributed by atoms with van der Waals surface area (Å²) in [6.07, 6.45) is 4.06. The molecule has 0 saturated carbocycles. The number of para-hydroxylation sites is 2. The number of hydrogen-bond acceptors (Lipinski definition) is 5. The highest BCUT2D eigenvalue weighted by atomic mass is 32.2. The minimum Gasteiger partial charge on any atom is -0.320 e. The van der Waals surface area contributed by atoms with Crippen molar-refractivity contribution in [1.29, 1.82) is 0 Å². The van der Waals surface area contributed by atoms with Crippen molar-refractivity contribution in [2.45, 2.75) is 0 Å². The van der Waals surface area contributed by atoms with E-state index in [4.69, 9.17) is 0 Å². The van der Waals surface area contributed by atoms with Crippen molar-refractivity contribution < 1.29 is 18.0 Å². The lowest BCUT2D eigenvalue weighted by Gasteiger charge is -2.12. The van der Waals surface area contributed by atoms with Gasteiger partial charge in [-0.25, -0.2) is 8.42 Å².